The summed E-state index contributed by atoms with van der Waals surface area (Å²) in [6.45, 7) is 0.983. The second-order valence-corrected chi connectivity index (χ2v) is 5.43. The van der Waals surface area contributed by atoms with Gasteiger partial charge >= 0.3 is 0 Å². The first-order valence-electron chi connectivity index (χ1n) is 7.56. The van der Waals surface area contributed by atoms with Gasteiger partial charge in [0.15, 0.2) is 23.0 Å². The van der Waals surface area contributed by atoms with Gasteiger partial charge in [-0.3, -0.25) is 0 Å². The number of benzene rings is 2. The van der Waals surface area contributed by atoms with E-state index < -0.39 is 0 Å². The molecule has 0 unspecified atom stereocenters. The minimum atomic E-state index is 0.279. The Balaban J connectivity index is 1.85. The summed E-state index contributed by atoms with van der Waals surface area (Å²) in [7, 11) is 6.82. The van der Waals surface area contributed by atoms with Gasteiger partial charge in [0.05, 0.1) is 21.3 Å². The zero-order valence-electron chi connectivity index (χ0n) is 14.3. The number of methoxy groups -OCH3 is 3. The molecule has 6 nitrogen and oxygen atoms in total. The van der Waals surface area contributed by atoms with E-state index in [1.807, 2.05) is 37.4 Å². The van der Waals surface area contributed by atoms with Crippen molar-refractivity contribution in [2.75, 3.05) is 40.1 Å². The highest BCUT2D eigenvalue weighted by atomic mass is 16.7. The van der Waals surface area contributed by atoms with Gasteiger partial charge in [-0.15, -0.1) is 0 Å². The zero-order valence-corrected chi connectivity index (χ0v) is 14.3. The summed E-state index contributed by atoms with van der Waals surface area (Å²) >= 11 is 0. The molecule has 3 rings (SSSR count). The third-order valence-electron chi connectivity index (χ3n) is 3.95. The van der Waals surface area contributed by atoms with Gasteiger partial charge in [0.25, 0.3) is 0 Å². The molecule has 0 amide bonds. The average Bonchev–Trinajstić information content (AvgIpc) is 3.07. The predicted molar refractivity (Wildman–Crippen MR) is 90.8 cm³/mol. The summed E-state index contributed by atoms with van der Waals surface area (Å²) < 4.78 is 27.0. The fourth-order valence-electron chi connectivity index (χ4n) is 2.69. The van der Waals surface area contributed by atoms with Gasteiger partial charge < -0.3 is 28.6 Å². The number of fused-ring (bicyclic) bond motifs is 1. The van der Waals surface area contributed by atoms with E-state index in [0.29, 0.717) is 23.8 Å². The highest BCUT2D eigenvalue weighted by Crippen LogP contribution is 2.41. The average molecular weight is 331 g/mol. The van der Waals surface area contributed by atoms with Crippen LogP contribution in [0.4, 0.5) is 5.69 Å². The van der Waals surface area contributed by atoms with E-state index in [4.69, 9.17) is 23.7 Å². The van der Waals surface area contributed by atoms with Crippen LogP contribution in [0.25, 0.3) is 0 Å². The summed E-state index contributed by atoms with van der Waals surface area (Å²) in [6.07, 6.45) is 0. The molecule has 0 saturated heterocycles. The Bertz CT molecular complexity index is 706. The van der Waals surface area contributed by atoms with Crippen molar-refractivity contribution in [3.8, 4) is 28.7 Å². The van der Waals surface area contributed by atoms with Crippen LogP contribution in [0.3, 0.4) is 0 Å². The number of ether oxygens (including phenoxy) is 5. The highest BCUT2D eigenvalue weighted by molar-refractivity contribution is 5.63. The molecule has 0 aromatic heterocycles. The van der Waals surface area contributed by atoms with E-state index >= 15 is 0 Å². The Morgan fingerprint density at radius 2 is 1.58 bits per heavy atom. The first kappa shape index (κ1) is 16.1. The Kier molecular flexibility index (Phi) is 4.55. The lowest BCUT2D eigenvalue weighted by Gasteiger charge is -2.22. The van der Waals surface area contributed by atoms with E-state index in [0.717, 1.165) is 22.7 Å². The Morgan fingerprint density at radius 3 is 2.21 bits per heavy atom. The van der Waals surface area contributed by atoms with Gasteiger partial charge in [0.2, 0.25) is 12.5 Å². The molecule has 1 aliphatic heterocycles. The molecule has 2 aromatic rings. The van der Waals surface area contributed by atoms with Crippen molar-refractivity contribution in [2.24, 2.45) is 0 Å². The molecule has 24 heavy (non-hydrogen) atoms. The maximum absolute atomic E-state index is 5.43. The first-order chi connectivity index (χ1) is 11.7. The van der Waals surface area contributed by atoms with Crippen molar-refractivity contribution in [1.29, 1.82) is 0 Å². The van der Waals surface area contributed by atoms with Crippen molar-refractivity contribution in [3.05, 3.63) is 35.9 Å². The lowest BCUT2D eigenvalue weighted by molar-refractivity contribution is 0.174. The summed E-state index contributed by atoms with van der Waals surface area (Å²) in [4.78, 5) is 2.10. The second kappa shape index (κ2) is 6.78. The summed E-state index contributed by atoms with van der Waals surface area (Å²) in [6, 6.07) is 9.81. The molecule has 0 saturated carbocycles. The normalized spacial score (nSPS) is 12.0. The molecule has 0 N–H and O–H groups in total. The van der Waals surface area contributed by atoms with Crippen LogP contribution in [0.2, 0.25) is 0 Å². The molecule has 0 aliphatic carbocycles. The van der Waals surface area contributed by atoms with E-state index in [1.54, 1.807) is 21.3 Å². The molecule has 0 spiro atoms. The highest BCUT2D eigenvalue weighted by Gasteiger charge is 2.17. The van der Waals surface area contributed by atoms with Crippen molar-refractivity contribution in [2.45, 2.75) is 6.54 Å². The summed E-state index contributed by atoms with van der Waals surface area (Å²) in [5, 5.41) is 0. The minimum Gasteiger partial charge on any atom is -0.493 e. The molecule has 0 bridgehead atoms. The molecule has 1 heterocycles. The second-order valence-electron chi connectivity index (χ2n) is 5.43. The Morgan fingerprint density at radius 1 is 0.917 bits per heavy atom. The quantitative estimate of drug-likeness (QED) is 0.811. The monoisotopic (exact) mass is 331 g/mol. The summed E-state index contributed by atoms with van der Waals surface area (Å²) in [5.74, 6) is 3.41. The number of hydrogen-bond acceptors (Lipinski definition) is 6. The Hall–Kier alpha value is -2.76. The lowest BCUT2D eigenvalue weighted by Crippen LogP contribution is -2.16. The largest absolute Gasteiger partial charge is 0.493 e. The molecule has 128 valence electrons. The maximum atomic E-state index is 5.43. The van der Waals surface area contributed by atoms with Crippen molar-refractivity contribution in [1.82, 2.24) is 0 Å². The molecule has 0 fully saturated rings. The molecular weight excluding hydrogens is 310 g/mol. The summed E-state index contributed by atoms with van der Waals surface area (Å²) in [5.41, 5.74) is 2.08. The molecule has 2 aromatic carbocycles. The molecule has 0 atom stereocenters. The van der Waals surface area contributed by atoms with Gasteiger partial charge in [-0.1, -0.05) is 6.07 Å². The smallest absolute Gasteiger partial charge is 0.231 e. The number of hydrogen-bond donors (Lipinski definition) is 0. The zero-order chi connectivity index (χ0) is 17.1. The number of nitrogens with zero attached hydrogens (tertiary/aromatic N) is 1. The van der Waals surface area contributed by atoms with Gasteiger partial charge in [0, 0.05) is 31.4 Å². The number of rotatable bonds is 6. The predicted octanol–water partition coefficient (Wildman–Crippen LogP) is 3.08. The van der Waals surface area contributed by atoms with E-state index in [9.17, 15) is 0 Å². The fraction of sp³-hybridized carbons (Fsp3) is 0.333. The fourth-order valence-corrected chi connectivity index (χ4v) is 2.69. The van der Waals surface area contributed by atoms with Crippen LogP contribution in [0.1, 0.15) is 5.56 Å². The van der Waals surface area contributed by atoms with Crippen LogP contribution >= 0.6 is 0 Å². The van der Waals surface area contributed by atoms with Crippen LogP contribution in [0.15, 0.2) is 30.3 Å². The van der Waals surface area contributed by atoms with E-state index in [1.165, 1.54) is 0 Å². The topological polar surface area (TPSA) is 49.4 Å². The number of anilines is 1. The van der Waals surface area contributed by atoms with Crippen LogP contribution in [0, 0.1) is 0 Å². The third-order valence-corrected chi connectivity index (χ3v) is 3.95. The lowest BCUT2D eigenvalue weighted by atomic mass is 10.1. The first-order valence-corrected chi connectivity index (χ1v) is 7.56. The van der Waals surface area contributed by atoms with Gasteiger partial charge in [-0.25, -0.2) is 0 Å². The van der Waals surface area contributed by atoms with Crippen molar-refractivity contribution in [3.63, 3.8) is 0 Å². The van der Waals surface area contributed by atoms with Crippen LogP contribution in [-0.2, 0) is 6.54 Å². The van der Waals surface area contributed by atoms with Gasteiger partial charge in [0.1, 0.15) is 0 Å². The molecular formula is C18H21NO5. The molecule has 1 aliphatic rings. The Labute approximate surface area is 141 Å². The van der Waals surface area contributed by atoms with E-state index in [2.05, 4.69) is 4.90 Å². The van der Waals surface area contributed by atoms with Crippen molar-refractivity contribution >= 4 is 5.69 Å². The third kappa shape index (κ3) is 2.99. The van der Waals surface area contributed by atoms with Crippen LogP contribution in [0.5, 0.6) is 28.7 Å². The van der Waals surface area contributed by atoms with Crippen LogP contribution in [-0.4, -0.2) is 35.2 Å². The van der Waals surface area contributed by atoms with E-state index in [-0.39, 0.29) is 6.79 Å². The van der Waals surface area contributed by atoms with Crippen LogP contribution < -0.4 is 28.6 Å². The van der Waals surface area contributed by atoms with Gasteiger partial charge in [-0.05, 0) is 17.7 Å². The van der Waals surface area contributed by atoms with Crippen molar-refractivity contribution < 1.29 is 23.7 Å². The minimum absolute atomic E-state index is 0.279. The standard InChI is InChI=1S/C18H21NO5/c1-19(10-12-5-6-14-15(7-12)24-11-23-14)13-8-16(20-2)18(22-4)17(9-13)21-3/h5-9H,10-11H2,1-4H3. The SMILES string of the molecule is COc1cc(N(C)Cc2ccc3c(c2)OCO3)cc(OC)c1OC. The van der Waals surface area contributed by atoms with Gasteiger partial charge in [-0.2, -0.15) is 0 Å². The maximum Gasteiger partial charge on any atom is 0.231 e. The molecule has 0 radical (unpaired) electrons. The molecule has 6 heteroatoms.